The molecule has 0 spiro atoms. The predicted octanol–water partition coefficient (Wildman–Crippen LogP) is 3.59. The van der Waals surface area contributed by atoms with Crippen molar-refractivity contribution in [1.82, 2.24) is 4.98 Å². The normalized spacial score (nSPS) is 10.2. The van der Waals surface area contributed by atoms with Gasteiger partial charge in [0.2, 0.25) is 0 Å². The van der Waals surface area contributed by atoms with E-state index in [0.29, 0.717) is 24.5 Å². The van der Waals surface area contributed by atoms with Gasteiger partial charge in [-0.25, -0.2) is 9.78 Å². The molecule has 110 valence electrons. The van der Waals surface area contributed by atoms with Crippen molar-refractivity contribution in [3.05, 3.63) is 53.7 Å². The summed E-state index contributed by atoms with van der Waals surface area (Å²) in [6.07, 6.45) is 3.70. The van der Waals surface area contributed by atoms with Crippen LogP contribution in [0.15, 0.2) is 47.5 Å². The number of hydrogen-bond acceptors (Lipinski definition) is 5. The van der Waals surface area contributed by atoms with Crippen LogP contribution in [0.1, 0.15) is 22.8 Å². The van der Waals surface area contributed by atoms with E-state index in [1.165, 1.54) is 4.90 Å². The molecule has 0 fully saturated rings. The van der Waals surface area contributed by atoms with Crippen LogP contribution in [0.25, 0.3) is 0 Å². The Bertz CT molecular complexity index is 599. The van der Waals surface area contributed by atoms with Crippen molar-refractivity contribution in [2.75, 3.05) is 18.2 Å². The molecule has 0 aliphatic rings. The first-order valence-electron chi connectivity index (χ1n) is 6.73. The third-order valence-electron chi connectivity index (χ3n) is 2.92. The second kappa shape index (κ2) is 7.69. The molecule has 4 nitrogen and oxygen atoms in total. The summed E-state index contributed by atoms with van der Waals surface area (Å²) >= 11 is 1.71. The van der Waals surface area contributed by atoms with Gasteiger partial charge in [-0.3, -0.25) is 0 Å². The van der Waals surface area contributed by atoms with Gasteiger partial charge in [0.25, 0.3) is 0 Å². The smallest absolute Gasteiger partial charge is 0.341 e. The molecule has 0 saturated carbocycles. The van der Waals surface area contributed by atoms with Crippen molar-refractivity contribution in [3.8, 4) is 0 Å². The number of pyridine rings is 1. The highest BCUT2D eigenvalue weighted by Gasteiger charge is 2.12. The Balaban J connectivity index is 2.07. The van der Waals surface area contributed by atoms with Gasteiger partial charge in [-0.15, -0.1) is 11.8 Å². The van der Waals surface area contributed by atoms with Gasteiger partial charge in [-0.2, -0.15) is 0 Å². The monoisotopic (exact) mass is 302 g/mol. The Morgan fingerprint density at radius 3 is 2.71 bits per heavy atom. The van der Waals surface area contributed by atoms with Crippen molar-refractivity contribution < 1.29 is 9.53 Å². The molecular weight excluding hydrogens is 284 g/mol. The van der Waals surface area contributed by atoms with E-state index in [1.807, 2.05) is 6.26 Å². The summed E-state index contributed by atoms with van der Waals surface area (Å²) in [6, 6.07) is 11.7. The number of ether oxygens (including phenoxy) is 1. The molecule has 1 aromatic carbocycles. The number of benzene rings is 1. The van der Waals surface area contributed by atoms with Crippen LogP contribution in [0, 0.1) is 0 Å². The molecule has 0 bridgehead atoms. The molecule has 1 heterocycles. The van der Waals surface area contributed by atoms with E-state index in [0.717, 1.165) is 5.56 Å². The van der Waals surface area contributed by atoms with Gasteiger partial charge in [-0.05, 0) is 43.0 Å². The van der Waals surface area contributed by atoms with Crippen molar-refractivity contribution in [2.24, 2.45) is 0 Å². The fourth-order valence-corrected chi connectivity index (χ4v) is 2.26. The summed E-state index contributed by atoms with van der Waals surface area (Å²) < 4.78 is 5.03. The Hall–Kier alpha value is -2.01. The Morgan fingerprint density at radius 2 is 2.05 bits per heavy atom. The SMILES string of the molecule is CCOC(=O)c1cccnc1NCc1ccc(SC)cc1. The predicted molar refractivity (Wildman–Crippen MR) is 85.7 cm³/mol. The number of carbonyl (C=O) groups is 1. The third-order valence-corrected chi connectivity index (χ3v) is 3.67. The van der Waals surface area contributed by atoms with E-state index in [2.05, 4.69) is 34.6 Å². The minimum atomic E-state index is -0.356. The summed E-state index contributed by atoms with van der Waals surface area (Å²) in [7, 11) is 0. The maximum absolute atomic E-state index is 11.9. The number of nitrogens with zero attached hydrogens (tertiary/aromatic N) is 1. The molecule has 2 rings (SSSR count). The second-order valence-corrected chi connectivity index (χ2v) is 5.20. The number of anilines is 1. The molecule has 1 N–H and O–H groups in total. The zero-order chi connectivity index (χ0) is 15.1. The molecule has 0 radical (unpaired) electrons. The molecule has 5 heteroatoms. The molecule has 0 aliphatic carbocycles. The van der Waals surface area contributed by atoms with Crippen LogP contribution in [0.2, 0.25) is 0 Å². The lowest BCUT2D eigenvalue weighted by Crippen LogP contribution is -2.11. The molecule has 2 aromatic rings. The maximum Gasteiger partial charge on any atom is 0.341 e. The van der Waals surface area contributed by atoms with Crippen molar-refractivity contribution in [1.29, 1.82) is 0 Å². The summed E-state index contributed by atoms with van der Waals surface area (Å²) in [5, 5.41) is 3.19. The standard InChI is InChI=1S/C16H18N2O2S/c1-3-20-16(19)14-5-4-10-17-15(14)18-11-12-6-8-13(21-2)9-7-12/h4-10H,3,11H2,1-2H3,(H,17,18). The maximum atomic E-state index is 11.9. The van der Waals surface area contributed by atoms with E-state index >= 15 is 0 Å². The third kappa shape index (κ3) is 4.23. The van der Waals surface area contributed by atoms with Crippen LogP contribution >= 0.6 is 11.8 Å². The first kappa shape index (κ1) is 15.4. The van der Waals surface area contributed by atoms with Gasteiger partial charge in [0.15, 0.2) is 0 Å². The van der Waals surface area contributed by atoms with Gasteiger partial charge >= 0.3 is 5.97 Å². The summed E-state index contributed by atoms with van der Waals surface area (Å²) in [5.74, 6) is 0.190. The summed E-state index contributed by atoms with van der Waals surface area (Å²) in [5.41, 5.74) is 1.59. The molecule has 1 aromatic heterocycles. The summed E-state index contributed by atoms with van der Waals surface area (Å²) in [6.45, 7) is 2.75. The lowest BCUT2D eigenvalue weighted by Gasteiger charge is -2.10. The van der Waals surface area contributed by atoms with E-state index < -0.39 is 0 Å². The van der Waals surface area contributed by atoms with Gasteiger partial charge in [0, 0.05) is 17.6 Å². The lowest BCUT2D eigenvalue weighted by atomic mass is 10.2. The number of rotatable bonds is 6. The average molecular weight is 302 g/mol. The number of esters is 1. The molecule has 0 saturated heterocycles. The first-order valence-corrected chi connectivity index (χ1v) is 7.96. The van der Waals surface area contributed by atoms with E-state index in [1.54, 1.807) is 37.0 Å². The minimum Gasteiger partial charge on any atom is -0.462 e. The van der Waals surface area contributed by atoms with Gasteiger partial charge < -0.3 is 10.1 Å². The van der Waals surface area contributed by atoms with E-state index in [9.17, 15) is 4.79 Å². The van der Waals surface area contributed by atoms with Crippen LogP contribution in [-0.4, -0.2) is 23.8 Å². The minimum absolute atomic E-state index is 0.351. The van der Waals surface area contributed by atoms with E-state index in [4.69, 9.17) is 4.74 Å². The lowest BCUT2D eigenvalue weighted by molar-refractivity contribution is 0.0527. The molecule has 0 aliphatic heterocycles. The van der Waals surface area contributed by atoms with Crippen LogP contribution in [-0.2, 0) is 11.3 Å². The van der Waals surface area contributed by atoms with Gasteiger partial charge in [0.1, 0.15) is 11.4 Å². The Morgan fingerprint density at radius 1 is 1.29 bits per heavy atom. The number of hydrogen-bond donors (Lipinski definition) is 1. The average Bonchev–Trinajstić information content (AvgIpc) is 2.54. The number of aromatic nitrogens is 1. The Kier molecular flexibility index (Phi) is 5.63. The van der Waals surface area contributed by atoms with E-state index in [-0.39, 0.29) is 5.97 Å². The zero-order valence-corrected chi connectivity index (χ0v) is 12.9. The van der Waals surface area contributed by atoms with Gasteiger partial charge in [0.05, 0.1) is 6.61 Å². The van der Waals surface area contributed by atoms with Gasteiger partial charge in [-0.1, -0.05) is 12.1 Å². The molecule has 0 amide bonds. The van der Waals surface area contributed by atoms with Crippen LogP contribution < -0.4 is 5.32 Å². The highest BCUT2D eigenvalue weighted by atomic mass is 32.2. The molecule has 21 heavy (non-hydrogen) atoms. The number of carbonyl (C=O) groups excluding carboxylic acids is 1. The summed E-state index contributed by atoms with van der Waals surface area (Å²) in [4.78, 5) is 17.3. The topological polar surface area (TPSA) is 51.2 Å². The number of nitrogens with one attached hydrogen (secondary N) is 1. The van der Waals surface area contributed by atoms with Crippen LogP contribution in [0.4, 0.5) is 5.82 Å². The van der Waals surface area contributed by atoms with Crippen LogP contribution in [0.5, 0.6) is 0 Å². The van der Waals surface area contributed by atoms with Crippen LogP contribution in [0.3, 0.4) is 0 Å². The Labute approximate surface area is 128 Å². The zero-order valence-electron chi connectivity index (χ0n) is 12.1. The second-order valence-electron chi connectivity index (χ2n) is 4.32. The van der Waals surface area contributed by atoms with Crippen molar-refractivity contribution in [2.45, 2.75) is 18.4 Å². The van der Waals surface area contributed by atoms with Crippen molar-refractivity contribution >= 4 is 23.5 Å². The fraction of sp³-hybridized carbons (Fsp3) is 0.250. The first-order chi connectivity index (χ1) is 10.2. The number of thioether (sulfide) groups is 1. The molecule has 0 unspecified atom stereocenters. The quantitative estimate of drug-likeness (QED) is 0.653. The van der Waals surface area contributed by atoms with Crippen molar-refractivity contribution in [3.63, 3.8) is 0 Å². The largest absolute Gasteiger partial charge is 0.462 e. The molecule has 0 atom stereocenters. The highest BCUT2D eigenvalue weighted by Crippen LogP contribution is 2.17. The fourth-order valence-electron chi connectivity index (χ4n) is 1.85. The molecular formula is C16H18N2O2S. The highest BCUT2D eigenvalue weighted by molar-refractivity contribution is 7.98.